The monoisotopic (exact) mass is 437 g/mol. The molecule has 160 valence electrons. The number of pyridine rings is 1. The van der Waals surface area contributed by atoms with E-state index < -0.39 is 15.6 Å². The summed E-state index contributed by atoms with van der Waals surface area (Å²) in [5.74, 6) is -0.131. The Morgan fingerprint density at radius 2 is 1.94 bits per heavy atom. The maximum absolute atomic E-state index is 13.2. The van der Waals surface area contributed by atoms with Crippen molar-refractivity contribution in [3.05, 3.63) is 53.3 Å². The van der Waals surface area contributed by atoms with Crippen molar-refractivity contribution in [1.82, 2.24) is 9.29 Å². The highest BCUT2D eigenvalue weighted by molar-refractivity contribution is 7.90. The molecule has 3 aliphatic rings. The topological polar surface area (TPSA) is 106 Å². The Balaban J connectivity index is 1.35. The zero-order valence-electron chi connectivity index (χ0n) is 17.4. The lowest BCUT2D eigenvalue weighted by atomic mass is 9.92. The zero-order chi connectivity index (χ0) is 22.0. The molecule has 1 saturated heterocycles. The van der Waals surface area contributed by atoms with Crippen molar-refractivity contribution < 1.29 is 13.2 Å². The predicted octanol–water partition coefficient (Wildman–Crippen LogP) is 2.44. The largest absolute Gasteiger partial charge is 0.378 e. The Morgan fingerprint density at radius 1 is 1.19 bits per heavy atom. The molecule has 1 saturated carbocycles. The minimum absolute atomic E-state index is 0.0169. The van der Waals surface area contributed by atoms with Crippen LogP contribution in [0.5, 0.6) is 0 Å². The molecule has 8 nitrogen and oxygen atoms in total. The molecule has 3 heterocycles. The lowest BCUT2D eigenvalue weighted by Gasteiger charge is -2.39. The molecule has 0 unspecified atom stereocenters. The lowest BCUT2D eigenvalue weighted by Crippen LogP contribution is -2.57. The molecule has 0 spiro atoms. The molecular weight excluding hydrogens is 414 g/mol. The van der Waals surface area contributed by atoms with Crippen LogP contribution < -0.4 is 10.2 Å². The average Bonchev–Trinajstić information content (AvgIpc) is 3.53. The van der Waals surface area contributed by atoms with E-state index in [9.17, 15) is 18.5 Å². The van der Waals surface area contributed by atoms with E-state index >= 15 is 0 Å². The van der Waals surface area contributed by atoms with Crippen molar-refractivity contribution >= 4 is 27.3 Å². The highest BCUT2D eigenvalue weighted by Crippen LogP contribution is 2.42. The number of benzene rings is 1. The summed E-state index contributed by atoms with van der Waals surface area (Å²) in [5.41, 5.74) is 2.67. The Kier molecular flexibility index (Phi) is 4.36. The Morgan fingerprint density at radius 3 is 2.61 bits per heavy atom. The van der Waals surface area contributed by atoms with Gasteiger partial charge in [0.25, 0.3) is 5.91 Å². The lowest BCUT2D eigenvalue weighted by molar-refractivity contribution is 0.0982. The van der Waals surface area contributed by atoms with Crippen molar-refractivity contribution in [2.24, 2.45) is 0 Å². The quantitative estimate of drug-likeness (QED) is 0.770. The van der Waals surface area contributed by atoms with Gasteiger partial charge >= 0.3 is 0 Å². The normalized spacial score (nSPS) is 20.8. The molecule has 1 amide bonds. The molecule has 0 radical (unpaired) electrons. The summed E-state index contributed by atoms with van der Waals surface area (Å²) in [5, 5.41) is 12.4. The summed E-state index contributed by atoms with van der Waals surface area (Å²) in [7, 11) is -3.13. The second-order valence-corrected chi connectivity index (χ2v) is 11.1. The molecule has 1 aromatic heterocycles. The predicted molar refractivity (Wildman–Crippen MR) is 116 cm³/mol. The number of sulfonamides is 1. The van der Waals surface area contributed by atoms with Gasteiger partial charge in [0.05, 0.1) is 52.2 Å². The number of nitrogens with one attached hydrogen (secondary N) is 1. The van der Waals surface area contributed by atoms with Crippen molar-refractivity contribution in [3.8, 4) is 6.07 Å². The molecule has 2 aliphatic heterocycles. The molecule has 2 aromatic rings. The first-order valence-electron chi connectivity index (χ1n) is 10.3. The molecule has 0 atom stereocenters. The van der Waals surface area contributed by atoms with Gasteiger partial charge in [-0.3, -0.25) is 14.7 Å². The first-order valence-corrected chi connectivity index (χ1v) is 11.8. The fourth-order valence-corrected chi connectivity index (χ4v) is 6.35. The van der Waals surface area contributed by atoms with Gasteiger partial charge in [-0.15, -0.1) is 0 Å². The minimum Gasteiger partial charge on any atom is -0.378 e. The molecule has 31 heavy (non-hydrogen) atoms. The number of amides is 1. The second-order valence-electron chi connectivity index (χ2n) is 8.91. The van der Waals surface area contributed by atoms with Crippen molar-refractivity contribution in [2.45, 2.75) is 43.5 Å². The molecule has 0 bridgehead atoms. The second kappa shape index (κ2) is 6.77. The van der Waals surface area contributed by atoms with Crippen LogP contribution in [0.25, 0.3) is 0 Å². The van der Waals surface area contributed by atoms with Crippen LogP contribution in [0.15, 0.2) is 36.7 Å². The summed E-state index contributed by atoms with van der Waals surface area (Å²) >= 11 is 0. The number of nitrogens with zero attached hydrogens (tertiary/aromatic N) is 4. The molecule has 1 aliphatic carbocycles. The van der Waals surface area contributed by atoms with E-state index in [1.807, 2.05) is 19.9 Å². The van der Waals surface area contributed by atoms with E-state index in [0.29, 0.717) is 29.9 Å². The molecule has 9 heteroatoms. The van der Waals surface area contributed by atoms with Gasteiger partial charge in [-0.25, -0.2) is 8.42 Å². The number of fused-ring (bicyclic) bond motifs is 1. The molecular formula is C22H23N5O3S. The van der Waals surface area contributed by atoms with E-state index in [4.69, 9.17) is 0 Å². The van der Waals surface area contributed by atoms with Gasteiger partial charge in [-0.2, -0.15) is 9.57 Å². The van der Waals surface area contributed by atoms with Crippen LogP contribution in [0.2, 0.25) is 0 Å². The first-order chi connectivity index (χ1) is 14.7. The third-order valence-electron chi connectivity index (χ3n) is 6.31. The number of aromatic nitrogens is 1. The van der Waals surface area contributed by atoms with Gasteiger partial charge in [0.1, 0.15) is 0 Å². The third kappa shape index (κ3) is 3.18. The minimum atomic E-state index is -3.13. The summed E-state index contributed by atoms with van der Waals surface area (Å²) in [4.78, 5) is 19.2. The molecule has 5 rings (SSSR count). The average molecular weight is 438 g/mol. The van der Waals surface area contributed by atoms with Crippen LogP contribution >= 0.6 is 0 Å². The maximum Gasteiger partial charge on any atom is 0.259 e. The number of carbonyl (C=O) groups excluding carboxylic acids is 1. The van der Waals surface area contributed by atoms with Crippen LogP contribution in [0, 0.1) is 11.3 Å². The Bertz CT molecular complexity index is 1220. The highest BCUT2D eigenvalue weighted by atomic mass is 32.2. The van der Waals surface area contributed by atoms with Crippen LogP contribution in [0.3, 0.4) is 0 Å². The van der Waals surface area contributed by atoms with Crippen LogP contribution in [-0.2, 0) is 15.6 Å². The van der Waals surface area contributed by atoms with E-state index in [-0.39, 0.29) is 17.2 Å². The Hall–Kier alpha value is -2.96. The summed E-state index contributed by atoms with van der Waals surface area (Å²) in [6.07, 6.45) is 4.85. The third-order valence-corrected chi connectivity index (χ3v) is 8.64. The highest BCUT2D eigenvalue weighted by Gasteiger charge is 2.46. The van der Waals surface area contributed by atoms with Gasteiger partial charge in [-0.05, 0) is 56.5 Å². The van der Waals surface area contributed by atoms with Gasteiger partial charge < -0.3 is 5.32 Å². The van der Waals surface area contributed by atoms with Gasteiger partial charge in [0.15, 0.2) is 0 Å². The number of carbonyl (C=O) groups is 1. The summed E-state index contributed by atoms with van der Waals surface area (Å²) in [6.45, 7) is 4.79. The van der Waals surface area contributed by atoms with Crippen molar-refractivity contribution in [3.63, 3.8) is 0 Å². The smallest absolute Gasteiger partial charge is 0.259 e. The molecule has 1 aromatic carbocycles. The van der Waals surface area contributed by atoms with Gasteiger partial charge in [-0.1, -0.05) is 0 Å². The fourth-order valence-electron chi connectivity index (χ4n) is 4.42. The number of nitriles is 1. The standard InChI is InChI=1S/C22H23N5O3S/c1-22(2)20-7-14(9-23)3-6-19(20)21(28)27(22)17-8-15(10-24-11-17)25-16-12-26(13-16)31(29,30)18-4-5-18/h3,6-8,10-11,16,18,25H,4-5,12-13H2,1-2H3. The maximum atomic E-state index is 13.2. The molecule has 2 fully saturated rings. The van der Waals surface area contributed by atoms with Crippen LogP contribution in [0.4, 0.5) is 11.4 Å². The Labute approximate surface area is 181 Å². The van der Waals surface area contributed by atoms with E-state index in [1.165, 1.54) is 4.31 Å². The number of hydrogen-bond donors (Lipinski definition) is 1. The summed E-state index contributed by atoms with van der Waals surface area (Å²) in [6, 6.07) is 9.15. The molecule has 1 N–H and O–H groups in total. The van der Waals surface area contributed by atoms with Crippen molar-refractivity contribution in [1.29, 1.82) is 5.26 Å². The summed E-state index contributed by atoms with van der Waals surface area (Å²) < 4.78 is 26.1. The number of hydrogen-bond acceptors (Lipinski definition) is 6. The van der Waals surface area contributed by atoms with Crippen LogP contribution in [0.1, 0.15) is 48.2 Å². The van der Waals surface area contributed by atoms with Crippen LogP contribution in [-0.4, -0.2) is 48.0 Å². The van der Waals surface area contributed by atoms with E-state index in [1.54, 1.807) is 35.5 Å². The van der Waals surface area contributed by atoms with E-state index in [0.717, 1.165) is 24.1 Å². The van der Waals surface area contributed by atoms with Gasteiger partial charge in [0.2, 0.25) is 10.0 Å². The fraction of sp³-hybridized carbons (Fsp3) is 0.409. The first kappa shape index (κ1) is 20.0. The zero-order valence-corrected chi connectivity index (χ0v) is 18.2. The SMILES string of the molecule is CC1(C)c2cc(C#N)ccc2C(=O)N1c1cncc(NC2CN(S(=O)(=O)C3CC3)C2)c1. The van der Waals surface area contributed by atoms with E-state index in [2.05, 4.69) is 16.4 Å². The number of anilines is 2. The number of rotatable bonds is 5. The van der Waals surface area contributed by atoms with Crippen molar-refractivity contribution in [2.75, 3.05) is 23.3 Å². The van der Waals surface area contributed by atoms with Gasteiger partial charge in [0, 0.05) is 18.7 Å².